The zero-order chi connectivity index (χ0) is 24.8. The molecule has 1 aliphatic carbocycles. The molecule has 0 N–H and O–H groups in total. The molecule has 0 saturated carbocycles. The molecule has 0 bridgehead atoms. The van der Waals surface area contributed by atoms with Crippen LogP contribution < -0.4 is 9.47 Å². The second kappa shape index (κ2) is 11.0. The molecule has 0 saturated heterocycles. The highest BCUT2D eigenvalue weighted by molar-refractivity contribution is 5.71. The maximum Gasteiger partial charge on any atom is 0.429 e. The van der Waals surface area contributed by atoms with Gasteiger partial charge in [-0.05, 0) is 83.8 Å². The van der Waals surface area contributed by atoms with Crippen molar-refractivity contribution in [2.24, 2.45) is 5.92 Å². The summed E-state index contributed by atoms with van der Waals surface area (Å²) in [5, 5.41) is 0. The Morgan fingerprint density at radius 2 is 1.54 bits per heavy atom. The molecule has 0 spiro atoms. The maximum atomic E-state index is 14.7. The number of halogens is 4. The molecule has 4 rings (SSSR count). The lowest BCUT2D eigenvalue weighted by Gasteiger charge is -2.22. The van der Waals surface area contributed by atoms with Crippen LogP contribution in [0.5, 0.6) is 11.5 Å². The maximum absolute atomic E-state index is 14.7. The monoisotopic (exact) mass is 484 g/mol. The van der Waals surface area contributed by atoms with E-state index in [1.54, 1.807) is 0 Å². The Bertz CT molecular complexity index is 1150. The van der Waals surface area contributed by atoms with E-state index < -0.39 is 24.3 Å². The van der Waals surface area contributed by atoms with Gasteiger partial charge in [-0.2, -0.15) is 8.78 Å². The lowest BCUT2D eigenvalue weighted by Crippen LogP contribution is -2.23. The Labute approximate surface area is 203 Å². The predicted octanol–water partition coefficient (Wildman–Crippen LogP) is 8.91. The molecule has 3 aromatic rings. The Morgan fingerprint density at radius 1 is 0.886 bits per heavy atom. The van der Waals surface area contributed by atoms with E-state index in [1.807, 2.05) is 24.3 Å². The molecule has 0 amide bonds. The van der Waals surface area contributed by atoms with Crippen LogP contribution in [0.1, 0.15) is 50.2 Å². The van der Waals surface area contributed by atoms with Crippen molar-refractivity contribution in [3.63, 3.8) is 0 Å². The summed E-state index contributed by atoms with van der Waals surface area (Å²) < 4.78 is 65.6. The molecule has 0 aliphatic heterocycles. The highest BCUT2D eigenvalue weighted by atomic mass is 19.3. The topological polar surface area (TPSA) is 18.5 Å². The van der Waals surface area contributed by atoms with Gasteiger partial charge in [0.05, 0.1) is 5.56 Å². The Morgan fingerprint density at radius 3 is 2.14 bits per heavy atom. The molecule has 0 heterocycles. The van der Waals surface area contributed by atoms with Crippen molar-refractivity contribution in [1.29, 1.82) is 0 Å². The minimum atomic E-state index is -3.89. The van der Waals surface area contributed by atoms with Gasteiger partial charge < -0.3 is 9.47 Å². The van der Waals surface area contributed by atoms with Gasteiger partial charge in [0.25, 0.3) is 0 Å². The van der Waals surface area contributed by atoms with Crippen LogP contribution in [0, 0.1) is 11.7 Å². The number of ether oxygens (including phenoxy) is 2. The number of benzene rings is 3. The van der Waals surface area contributed by atoms with Crippen molar-refractivity contribution in [3.05, 3.63) is 89.8 Å². The zero-order valence-electron chi connectivity index (χ0n) is 19.6. The summed E-state index contributed by atoms with van der Waals surface area (Å²) in [5.41, 5.74) is 2.85. The van der Waals surface area contributed by atoms with Crippen LogP contribution in [0.2, 0.25) is 0 Å². The van der Waals surface area contributed by atoms with E-state index in [1.165, 1.54) is 55.2 Å². The van der Waals surface area contributed by atoms with Crippen molar-refractivity contribution >= 4 is 5.57 Å². The fourth-order valence-electron chi connectivity index (χ4n) is 4.50. The van der Waals surface area contributed by atoms with Crippen molar-refractivity contribution in [2.75, 3.05) is 6.86 Å². The van der Waals surface area contributed by atoms with Gasteiger partial charge in [-0.15, -0.1) is 0 Å². The van der Waals surface area contributed by atoms with Crippen molar-refractivity contribution < 1.29 is 27.0 Å². The van der Waals surface area contributed by atoms with Crippen LogP contribution in [0.15, 0.2) is 72.8 Å². The molecule has 35 heavy (non-hydrogen) atoms. The first-order valence-electron chi connectivity index (χ1n) is 11.8. The van der Waals surface area contributed by atoms with Gasteiger partial charge in [-0.1, -0.05) is 56.2 Å². The van der Waals surface area contributed by atoms with E-state index in [0.717, 1.165) is 42.0 Å². The second-order valence-electron chi connectivity index (χ2n) is 8.77. The van der Waals surface area contributed by atoms with Gasteiger partial charge in [-0.3, -0.25) is 0 Å². The highest BCUT2D eigenvalue weighted by Crippen LogP contribution is 2.36. The molecule has 1 unspecified atom stereocenters. The van der Waals surface area contributed by atoms with Gasteiger partial charge >= 0.3 is 6.11 Å². The second-order valence-corrected chi connectivity index (χ2v) is 8.77. The van der Waals surface area contributed by atoms with E-state index in [4.69, 9.17) is 4.74 Å². The SMILES string of the molecule is CCCC1CC=C(c2ccc(-c3ccc(C(F)(F)Oc4ccc(OCF)cc4)c(F)c3)cc2)CC1. The summed E-state index contributed by atoms with van der Waals surface area (Å²) in [4.78, 5) is 0. The summed E-state index contributed by atoms with van der Waals surface area (Å²) in [7, 11) is 0. The first-order valence-corrected chi connectivity index (χ1v) is 11.8. The van der Waals surface area contributed by atoms with Gasteiger partial charge in [0.15, 0.2) is 0 Å². The summed E-state index contributed by atoms with van der Waals surface area (Å²) >= 11 is 0. The molecule has 3 aromatic carbocycles. The van der Waals surface area contributed by atoms with Crippen LogP contribution in [0.4, 0.5) is 17.6 Å². The fourth-order valence-corrected chi connectivity index (χ4v) is 4.50. The highest BCUT2D eigenvalue weighted by Gasteiger charge is 2.37. The average Bonchev–Trinajstić information content (AvgIpc) is 2.86. The number of hydrogen-bond donors (Lipinski definition) is 0. The molecular weight excluding hydrogens is 456 g/mol. The summed E-state index contributed by atoms with van der Waals surface area (Å²) in [6.45, 7) is 1.18. The number of rotatable bonds is 9. The van der Waals surface area contributed by atoms with Gasteiger partial charge in [0, 0.05) is 0 Å². The third-order valence-electron chi connectivity index (χ3n) is 6.38. The Kier molecular flexibility index (Phi) is 7.79. The molecule has 0 aromatic heterocycles. The summed E-state index contributed by atoms with van der Waals surface area (Å²) in [6, 6.07) is 16.4. The quantitative estimate of drug-likeness (QED) is 0.282. The van der Waals surface area contributed by atoms with Crippen LogP contribution in [-0.4, -0.2) is 6.86 Å². The van der Waals surface area contributed by atoms with Crippen LogP contribution >= 0.6 is 0 Å². The fraction of sp³-hybridized carbons (Fsp3) is 0.310. The molecular formula is C29H28F4O2. The minimum absolute atomic E-state index is 0.171. The predicted molar refractivity (Wildman–Crippen MR) is 130 cm³/mol. The average molecular weight is 485 g/mol. The van der Waals surface area contributed by atoms with Crippen LogP contribution in [0.25, 0.3) is 16.7 Å². The molecule has 2 nitrogen and oxygen atoms in total. The number of alkyl halides is 3. The third-order valence-corrected chi connectivity index (χ3v) is 6.38. The standard InChI is InChI=1S/C29H28F4O2/c1-2-3-20-4-6-21(7-5-20)22-8-10-23(11-9-22)24-12-17-27(28(31)18-24)29(32,33)35-26-15-13-25(14-16-26)34-19-30/h6,8-18,20H,2-5,7,19H2,1H3. The van der Waals surface area contributed by atoms with E-state index in [-0.39, 0.29) is 11.5 Å². The van der Waals surface area contributed by atoms with Crippen LogP contribution in [-0.2, 0) is 6.11 Å². The molecule has 6 heteroatoms. The first kappa shape index (κ1) is 24.8. The Hall–Kier alpha value is -3.28. The summed E-state index contributed by atoms with van der Waals surface area (Å²) in [5.74, 6) is -0.323. The normalized spacial score (nSPS) is 16.0. The van der Waals surface area contributed by atoms with E-state index >= 15 is 0 Å². The van der Waals surface area contributed by atoms with Gasteiger partial charge in [0.2, 0.25) is 6.86 Å². The lowest BCUT2D eigenvalue weighted by atomic mass is 9.84. The van der Waals surface area contributed by atoms with E-state index in [0.29, 0.717) is 5.56 Å². The molecule has 184 valence electrons. The molecule has 1 atom stereocenters. The minimum Gasteiger partial charge on any atom is -0.463 e. The lowest BCUT2D eigenvalue weighted by molar-refractivity contribution is -0.187. The first-order chi connectivity index (χ1) is 16.9. The number of hydrogen-bond acceptors (Lipinski definition) is 2. The number of allylic oxidation sites excluding steroid dienone is 2. The Balaban J connectivity index is 1.46. The molecule has 0 fully saturated rings. The van der Waals surface area contributed by atoms with E-state index in [9.17, 15) is 17.6 Å². The molecule has 0 radical (unpaired) electrons. The van der Waals surface area contributed by atoms with Crippen molar-refractivity contribution in [1.82, 2.24) is 0 Å². The molecule has 1 aliphatic rings. The van der Waals surface area contributed by atoms with Crippen molar-refractivity contribution in [2.45, 2.75) is 45.1 Å². The third kappa shape index (κ3) is 6.05. The smallest absolute Gasteiger partial charge is 0.429 e. The van der Waals surface area contributed by atoms with Crippen molar-refractivity contribution in [3.8, 4) is 22.6 Å². The summed E-state index contributed by atoms with van der Waals surface area (Å²) in [6.07, 6.45) is 4.24. The van der Waals surface area contributed by atoms with Gasteiger partial charge in [-0.25, -0.2) is 8.78 Å². The van der Waals surface area contributed by atoms with Crippen LogP contribution in [0.3, 0.4) is 0 Å². The largest absolute Gasteiger partial charge is 0.463 e. The van der Waals surface area contributed by atoms with E-state index in [2.05, 4.69) is 17.7 Å². The zero-order valence-corrected chi connectivity index (χ0v) is 19.6. The van der Waals surface area contributed by atoms with Gasteiger partial charge in [0.1, 0.15) is 17.3 Å².